The fraction of sp³-hybridized carbons (Fsp3) is 1.00. The van der Waals surface area contributed by atoms with Crippen molar-refractivity contribution in [2.45, 2.75) is 79.0 Å². The molecule has 0 unspecified atom stereocenters. The molecule has 0 aromatic rings. The van der Waals surface area contributed by atoms with Crippen LogP contribution >= 0.6 is 0 Å². The molecule has 0 aliphatic heterocycles. The van der Waals surface area contributed by atoms with E-state index in [1.807, 2.05) is 0 Å². The molecule has 2 nitrogen and oxygen atoms in total. The van der Waals surface area contributed by atoms with Crippen molar-refractivity contribution >= 4 is 0 Å². The third kappa shape index (κ3) is 6.49. The van der Waals surface area contributed by atoms with Crippen LogP contribution in [0.3, 0.4) is 0 Å². The molecule has 16 heavy (non-hydrogen) atoms. The van der Waals surface area contributed by atoms with Gasteiger partial charge in [0.1, 0.15) is 0 Å². The molecule has 0 rings (SSSR count). The minimum atomic E-state index is -0.0402. The standard InChI is InChI=1S/C14H31NO/c1-12(2,3)15(13(4,5)6)10-11-16-14(7,8)9/h10-11H2,1-9H3. The van der Waals surface area contributed by atoms with Crippen LogP contribution < -0.4 is 0 Å². The van der Waals surface area contributed by atoms with E-state index in [4.69, 9.17) is 4.74 Å². The van der Waals surface area contributed by atoms with E-state index < -0.39 is 0 Å². The van der Waals surface area contributed by atoms with Crippen LogP contribution in [-0.4, -0.2) is 34.7 Å². The van der Waals surface area contributed by atoms with Gasteiger partial charge in [-0.05, 0) is 62.3 Å². The molecule has 0 radical (unpaired) electrons. The van der Waals surface area contributed by atoms with E-state index >= 15 is 0 Å². The lowest BCUT2D eigenvalue weighted by molar-refractivity contribution is -0.0444. The Hall–Kier alpha value is -0.0800. The highest BCUT2D eigenvalue weighted by molar-refractivity contribution is 4.86. The van der Waals surface area contributed by atoms with Gasteiger partial charge in [-0.25, -0.2) is 0 Å². The monoisotopic (exact) mass is 229 g/mol. The Labute approximate surface area is 102 Å². The summed E-state index contributed by atoms with van der Waals surface area (Å²) in [5.41, 5.74) is 0.320. The van der Waals surface area contributed by atoms with E-state index in [0.717, 1.165) is 13.2 Å². The molecule has 0 saturated carbocycles. The molecule has 0 aliphatic rings. The van der Waals surface area contributed by atoms with Gasteiger partial charge in [0.15, 0.2) is 0 Å². The molecule has 0 N–H and O–H groups in total. The second-order valence-corrected chi connectivity index (χ2v) is 7.45. The predicted molar refractivity (Wildman–Crippen MR) is 71.9 cm³/mol. The molecule has 0 atom stereocenters. The molecule has 0 aromatic heterocycles. The van der Waals surface area contributed by atoms with Gasteiger partial charge in [0, 0.05) is 17.6 Å². The number of hydrogen-bond acceptors (Lipinski definition) is 2. The number of hydrogen-bond donors (Lipinski definition) is 0. The van der Waals surface area contributed by atoms with Crippen molar-refractivity contribution in [1.82, 2.24) is 4.90 Å². The zero-order chi connectivity index (χ0) is 13.2. The fourth-order valence-corrected chi connectivity index (χ4v) is 2.12. The van der Waals surface area contributed by atoms with Gasteiger partial charge in [-0.1, -0.05) is 0 Å². The van der Waals surface area contributed by atoms with E-state index in [0.29, 0.717) is 0 Å². The van der Waals surface area contributed by atoms with Crippen molar-refractivity contribution < 1.29 is 4.74 Å². The SMILES string of the molecule is CC(C)(C)OCCN(C(C)(C)C)C(C)(C)C. The van der Waals surface area contributed by atoms with E-state index in [2.05, 4.69) is 67.2 Å². The second-order valence-electron chi connectivity index (χ2n) is 7.45. The van der Waals surface area contributed by atoms with Crippen LogP contribution in [0.2, 0.25) is 0 Å². The first-order valence-electron chi connectivity index (χ1n) is 6.26. The first kappa shape index (κ1) is 15.9. The summed E-state index contributed by atoms with van der Waals surface area (Å²) < 4.78 is 5.81. The topological polar surface area (TPSA) is 12.5 Å². The van der Waals surface area contributed by atoms with Crippen molar-refractivity contribution in [2.75, 3.05) is 13.2 Å². The van der Waals surface area contributed by atoms with Gasteiger partial charge in [-0.2, -0.15) is 0 Å². The lowest BCUT2D eigenvalue weighted by atomic mass is 9.96. The molecule has 0 spiro atoms. The summed E-state index contributed by atoms with van der Waals surface area (Å²) in [5, 5.41) is 0. The molecule has 0 fully saturated rings. The van der Waals surface area contributed by atoms with Gasteiger partial charge in [0.05, 0.1) is 12.2 Å². The highest BCUT2D eigenvalue weighted by atomic mass is 16.5. The molecule has 0 aromatic carbocycles. The highest BCUT2D eigenvalue weighted by Crippen LogP contribution is 2.24. The van der Waals surface area contributed by atoms with Crippen LogP contribution in [-0.2, 0) is 4.74 Å². The minimum Gasteiger partial charge on any atom is -0.375 e. The average Bonchev–Trinajstić information content (AvgIpc) is 1.90. The van der Waals surface area contributed by atoms with E-state index in [1.165, 1.54) is 0 Å². The van der Waals surface area contributed by atoms with Gasteiger partial charge in [-0.15, -0.1) is 0 Å². The van der Waals surface area contributed by atoms with Gasteiger partial charge in [-0.3, -0.25) is 4.90 Å². The van der Waals surface area contributed by atoms with Gasteiger partial charge >= 0.3 is 0 Å². The summed E-state index contributed by atoms with van der Waals surface area (Å²) >= 11 is 0. The van der Waals surface area contributed by atoms with Crippen LogP contribution in [0, 0.1) is 0 Å². The van der Waals surface area contributed by atoms with E-state index in [-0.39, 0.29) is 16.7 Å². The van der Waals surface area contributed by atoms with Crippen LogP contribution in [0.25, 0.3) is 0 Å². The molecule has 0 aliphatic carbocycles. The molecule has 0 amide bonds. The van der Waals surface area contributed by atoms with E-state index in [9.17, 15) is 0 Å². The third-order valence-corrected chi connectivity index (χ3v) is 2.47. The van der Waals surface area contributed by atoms with Crippen LogP contribution in [0.4, 0.5) is 0 Å². The Morgan fingerprint density at radius 2 is 1.12 bits per heavy atom. The Bertz CT molecular complexity index is 188. The maximum atomic E-state index is 5.81. The summed E-state index contributed by atoms with van der Waals surface area (Å²) in [5.74, 6) is 0. The van der Waals surface area contributed by atoms with E-state index in [1.54, 1.807) is 0 Å². The first-order valence-corrected chi connectivity index (χ1v) is 6.26. The largest absolute Gasteiger partial charge is 0.375 e. The van der Waals surface area contributed by atoms with Crippen LogP contribution in [0.15, 0.2) is 0 Å². The predicted octanol–water partition coefficient (Wildman–Crippen LogP) is 3.70. The lowest BCUT2D eigenvalue weighted by Crippen LogP contribution is -2.54. The molecule has 0 saturated heterocycles. The van der Waals surface area contributed by atoms with Crippen molar-refractivity contribution in [2.24, 2.45) is 0 Å². The van der Waals surface area contributed by atoms with Crippen LogP contribution in [0.1, 0.15) is 62.3 Å². The number of ether oxygens (including phenoxy) is 1. The summed E-state index contributed by atoms with van der Waals surface area (Å²) in [6, 6.07) is 0. The van der Waals surface area contributed by atoms with Crippen molar-refractivity contribution in [3.05, 3.63) is 0 Å². The Kier molecular flexibility index (Phi) is 5.03. The van der Waals surface area contributed by atoms with Gasteiger partial charge < -0.3 is 4.74 Å². The van der Waals surface area contributed by atoms with Gasteiger partial charge in [0.2, 0.25) is 0 Å². The Balaban J connectivity index is 4.38. The maximum absolute atomic E-state index is 5.81. The van der Waals surface area contributed by atoms with Crippen LogP contribution in [0.5, 0.6) is 0 Å². The number of nitrogens with zero attached hydrogens (tertiary/aromatic N) is 1. The lowest BCUT2D eigenvalue weighted by Gasteiger charge is -2.45. The first-order chi connectivity index (χ1) is 6.84. The van der Waals surface area contributed by atoms with Crippen molar-refractivity contribution in [3.63, 3.8) is 0 Å². The molecule has 98 valence electrons. The summed E-state index contributed by atoms with van der Waals surface area (Å²) in [6.07, 6.45) is 0. The highest BCUT2D eigenvalue weighted by Gasteiger charge is 2.31. The quantitative estimate of drug-likeness (QED) is 0.731. The molecule has 2 heteroatoms. The van der Waals surface area contributed by atoms with Crippen molar-refractivity contribution in [3.8, 4) is 0 Å². The smallest absolute Gasteiger partial charge is 0.0601 e. The molecule has 0 bridgehead atoms. The summed E-state index contributed by atoms with van der Waals surface area (Å²) in [4.78, 5) is 2.49. The average molecular weight is 229 g/mol. The third-order valence-electron chi connectivity index (χ3n) is 2.47. The van der Waals surface area contributed by atoms with Gasteiger partial charge in [0.25, 0.3) is 0 Å². The second kappa shape index (κ2) is 5.05. The van der Waals surface area contributed by atoms with Crippen molar-refractivity contribution in [1.29, 1.82) is 0 Å². The minimum absolute atomic E-state index is 0.0402. The molecular weight excluding hydrogens is 198 g/mol. The maximum Gasteiger partial charge on any atom is 0.0601 e. The Morgan fingerprint density at radius 1 is 0.750 bits per heavy atom. The molecule has 0 heterocycles. The fourth-order valence-electron chi connectivity index (χ4n) is 2.12. The normalized spacial score (nSPS) is 14.6. The zero-order valence-electron chi connectivity index (χ0n) is 12.8. The number of rotatable bonds is 3. The molecular formula is C14H31NO. The zero-order valence-corrected chi connectivity index (χ0v) is 12.8. The summed E-state index contributed by atoms with van der Waals surface area (Å²) in [6.45, 7) is 21.6. The Morgan fingerprint density at radius 3 is 1.38 bits per heavy atom. The summed E-state index contributed by atoms with van der Waals surface area (Å²) in [7, 11) is 0.